The Labute approximate surface area is 133 Å². The fraction of sp³-hybridized carbons (Fsp3) is 0.500. The van der Waals surface area contributed by atoms with Gasteiger partial charge in [0.25, 0.3) is 5.91 Å². The van der Waals surface area contributed by atoms with Gasteiger partial charge in [0.1, 0.15) is 0 Å². The summed E-state index contributed by atoms with van der Waals surface area (Å²) in [7, 11) is -3.88. The van der Waals surface area contributed by atoms with Crippen molar-refractivity contribution in [3.05, 3.63) is 27.7 Å². The molecule has 21 heavy (non-hydrogen) atoms. The Morgan fingerprint density at radius 3 is 2.48 bits per heavy atom. The van der Waals surface area contributed by atoms with E-state index >= 15 is 0 Å². The third kappa shape index (κ3) is 3.30. The third-order valence-electron chi connectivity index (χ3n) is 3.82. The lowest BCUT2D eigenvalue weighted by atomic mass is 10.1. The summed E-state index contributed by atoms with van der Waals surface area (Å²) in [6.07, 6.45) is 0.962. The Hall–Kier alpha value is -0.920. The molecule has 1 heterocycles. The number of benzene rings is 1. The molecule has 1 saturated heterocycles. The van der Waals surface area contributed by atoms with E-state index in [9.17, 15) is 13.2 Å². The standard InChI is InChI=1S/C14H19BrN2O3S/c1-8-4-10(3)17(7-8)14(18)11-5-9(2)13(15)12(6-11)21(16,19)20/h5-6,8,10H,4,7H2,1-3H3,(H2,16,19,20). The Kier molecular flexibility index (Phi) is 4.46. The first-order chi connectivity index (χ1) is 9.61. The number of rotatable bonds is 2. The summed E-state index contributed by atoms with van der Waals surface area (Å²) in [6, 6.07) is 3.20. The number of carbonyl (C=O) groups is 1. The molecule has 1 aliphatic heterocycles. The number of hydrogen-bond acceptors (Lipinski definition) is 3. The van der Waals surface area contributed by atoms with Gasteiger partial charge in [0, 0.05) is 22.6 Å². The number of likely N-dealkylation sites (tertiary alicyclic amines) is 1. The van der Waals surface area contributed by atoms with Crippen LogP contribution in [0.3, 0.4) is 0 Å². The monoisotopic (exact) mass is 374 g/mol. The smallest absolute Gasteiger partial charge is 0.254 e. The predicted octanol–water partition coefficient (Wildman–Crippen LogP) is 2.28. The molecule has 116 valence electrons. The number of amides is 1. The second-order valence-corrected chi connectivity index (χ2v) is 8.12. The van der Waals surface area contributed by atoms with Crippen molar-refractivity contribution in [2.75, 3.05) is 6.54 Å². The molecule has 2 unspecified atom stereocenters. The van der Waals surface area contributed by atoms with Crippen LogP contribution in [-0.4, -0.2) is 31.8 Å². The molecule has 7 heteroatoms. The quantitative estimate of drug-likeness (QED) is 0.861. The minimum Gasteiger partial charge on any atom is -0.336 e. The molecule has 5 nitrogen and oxygen atoms in total. The van der Waals surface area contributed by atoms with Crippen LogP contribution in [0.1, 0.15) is 36.2 Å². The van der Waals surface area contributed by atoms with Crippen LogP contribution in [-0.2, 0) is 10.0 Å². The van der Waals surface area contributed by atoms with Gasteiger partial charge in [-0.2, -0.15) is 0 Å². The topological polar surface area (TPSA) is 80.5 Å². The van der Waals surface area contributed by atoms with E-state index < -0.39 is 10.0 Å². The molecule has 2 N–H and O–H groups in total. The SMILES string of the molecule is Cc1cc(C(=O)N2CC(C)CC2C)cc(S(N)(=O)=O)c1Br. The molecule has 2 atom stereocenters. The van der Waals surface area contributed by atoms with Gasteiger partial charge in [-0.1, -0.05) is 6.92 Å². The normalized spacial score (nSPS) is 22.6. The maximum Gasteiger partial charge on any atom is 0.254 e. The summed E-state index contributed by atoms with van der Waals surface area (Å²) in [5, 5.41) is 5.22. The molecule has 0 aliphatic carbocycles. The van der Waals surface area contributed by atoms with Crippen molar-refractivity contribution in [3.63, 3.8) is 0 Å². The Morgan fingerprint density at radius 2 is 2.00 bits per heavy atom. The van der Waals surface area contributed by atoms with Crippen molar-refractivity contribution in [1.29, 1.82) is 0 Å². The van der Waals surface area contributed by atoms with Crippen molar-refractivity contribution in [1.82, 2.24) is 4.90 Å². The van der Waals surface area contributed by atoms with Gasteiger partial charge in [-0.15, -0.1) is 0 Å². The second kappa shape index (κ2) is 5.70. The maximum absolute atomic E-state index is 12.6. The van der Waals surface area contributed by atoms with Gasteiger partial charge in [-0.3, -0.25) is 4.79 Å². The number of aryl methyl sites for hydroxylation is 1. The van der Waals surface area contributed by atoms with E-state index in [0.29, 0.717) is 28.1 Å². The Balaban J connectivity index is 2.46. The Bertz CT molecular complexity index is 688. The summed E-state index contributed by atoms with van der Waals surface area (Å²) in [6.45, 7) is 6.55. The minimum atomic E-state index is -3.88. The highest BCUT2D eigenvalue weighted by molar-refractivity contribution is 9.10. The molecule has 2 rings (SSSR count). The summed E-state index contributed by atoms with van der Waals surface area (Å²) < 4.78 is 23.7. The van der Waals surface area contributed by atoms with Crippen LogP contribution in [0.2, 0.25) is 0 Å². The minimum absolute atomic E-state index is 0.0502. The zero-order valence-electron chi connectivity index (χ0n) is 12.3. The van der Waals surface area contributed by atoms with Crippen molar-refractivity contribution >= 4 is 31.9 Å². The van der Waals surface area contributed by atoms with E-state index in [2.05, 4.69) is 22.9 Å². The number of nitrogens with two attached hydrogens (primary N) is 1. The molecule has 1 amide bonds. The predicted molar refractivity (Wildman–Crippen MR) is 84.5 cm³/mol. The number of hydrogen-bond donors (Lipinski definition) is 1. The lowest BCUT2D eigenvalue weighted by Gasteiger charge is -2.22. The lowest BCUT2D eigenvalue weighted by Crippen LogP contribution is -2.34. The molecule has 0 bridgehead atoms. The number of sulfonamides is 1. The van der Waals surface area contributed by atoms with Crippen molar-refractivity contribution in [2.45, 2.75) is 38.1 Å². The van der Waals surface area contributed by atoms with E-state index in [0.717, 1.165) is 6.42 Å². The molecule has 0 saturated carbocycles. The van der Waals surface area contributed by atoms with Crippen LogP contribution in [0.15, 0.2) is 21.5 Å². The zero-order chi connectivity index (χ0) is 15.9. The van der Waals surface area contributed by atoms with Gasteiger partial charge < -0.3 is 4.90 Å². The van der Waals surface area contributed by atoms with Crippen LogP contribution in [0.5, 0.6) is 0 Å². The van der Waals surface area contributed by atoms with Crippen molar-refractivity contribution in [3.8, 4) is 0 Å². The average Bonchev–Trinajstić information content (AvgIpc) is 2.69. The number of carbonyl (C=O) groups excluding carboxylic acids is 1. The van der Waals surface area contributed by atoms with Crippen LogP contribution >= 0.6 is 15.9 Å². The first-order valence-electron chi connectivity index (χ1n) is 6.75. The summed E-state index contributed by atoms with van der Waals surface area (Å²) in [5.41, 5.74) is 1.03. The van der Waals surface area contributed by atoms with Gasteiger partial charge >= 0.3 is 0 Å². The molecular formula is C14H19BrN2O3S. The fourth-order valence-electron chi connectivity index (χ4n) is 2.82. The lowest BCUT2D eigenvalue weighted by molar-refractivity contribution is 0.0743. The van der Waals surface area contributed by atoms with Crippen LogP contribution < -0.4 is 5.14 Å². The van der Waals surface area contributed by atoms with E-state index in [1.54, 1.807) is 17.9 Å². The van der Waals surface area contributed by atoms with Gasteiger partial charge in [-0.25, -0.2) is 13.6 Å². The van der Waals surface area contributed by atoms with Gasteiger partial charge in [0.15, 0.2) is 0 Å². The van der Waals surface area contributed by atoms with Crippen molar-refractivity contribution < 1.29 is 13.2 Å². The van der Waals surface area contributed by atoms with Gasteiger partial charge in [-0.05, 0) is 59.8 Å². The third-order valence-corrected chi connectivity index (χ3v) is 6.07. The largest absolute Gasteiger partial charge is 0.336 e. The molecule has 1 aromatic carbocycles. The molecule has 1 fully saturated rings. The van der Waals surface area contributed by atoms with Crippen LogP contribution in [0, 0.1) is 12.8 Å². The molecule has 0 spiro atoms. The van der Waals surface area contributed by atoms with Gasteiger partial charge in [0.2, 0.25) is 10.0 Å². The highest BCUT2D eigenvalue weighted by atomic mass is 79.9. The van der Waals surface area contributed by atoms with E-state index in [-0.39, 0.29) is 16.8 Å². The molecule has 0 aromatic heterocycles. The Morgan fingerprint density at radius 1 is 1.38 bits per heavy atom. The second-order valence-electron chi connectivity index (χ2n) is 5.80. The van der Waals surface area contributed by atoms with Gasteiger partial charge in [0.05, 0.1) is 4.90 Å². The number of primary sulfonamides is 1. The molecular weight excluding hydrogens is 356 g/mol. The van der Waals surface area contributed by atoms with Crippen molar-refractivity contribution in [2.24, 2.45) is 11.1 Å². The molecule has 0 radical (unpaired) electrons. The van der Waals surface area contributed by atoms with E-state index in [1.165, 1.54) is 6.07 Å². The fourth-order valence-corrected chi connectivity index (χ4v) is 4.42. The van der Waals surface area contributed by atoms with Crippen LogP contribution in [0.25, 0.3) is 0 Å². The summed E-state index contributed by atoms with van der Waals surface area (Å²) >= 11 is 3.22. The number of halogens is 1. The summed E-state index contributed by atoms with van der Waals surface area (Å²) in [4.78, 5) is 14.4. The highest BCUT2D eigenvalue weighted by Crippen LogP contribution is 2.29. The van der Waals surface area contributed by atoms with E-state index in [1.807, 2.05) is 6.92 Å². The highest BCUT2D eigenvalue weighted by Gasteiger charge is 2.31. The first-order valence-corrected chi connectivity index (χ1v) is 9.09. The summed E-state index contributed by atoms with van der Waals surface area (Å²) in [5.74, 6) is 0.311. The maximum atomic E-state index is 12.6. The number of nitrogens with zero attached hydrogens (tertiary/aromatic N) is 1. The average molecular weight is 375 g/mol. The van der Waals surface area contributed by atoms with E-state index in [4.69, 9.17) is 5.14 Å². The molecule has 1 aromatic rings. The first kappa shape index (κ1) is 16.5. The zero-order valence-corrected chi connectivity index (χ0v) is 14.7. The molecule has 1 aliphatic rings. The van der Waals surface area contributed by atoms with Crippen LogP contribution in [0.4, 0.5) is 0 Å².